The lowest BCUT2D eigenvalue weighted by Gasteiger charge is -2.02. The maximum atomic E-state index is 10.4. The number of halogens is 1. The van der Waals surface area contributed by atoms with E-state index < -0.39 is 11.5 Å². The largest absolute Gasteiger partial charge is 0.446 e. The van der Waals surface area contributed by atoms with E-state index in [0.717, 1.165) is 0 Å². The molecule has 0 spiro atoms. The minimum atomic E-state index is -0.572. The van der Waals surface area contributed by atoms with Gasteiger partial charge in [-0.15, -0.1) is 0 Å². The summed E-state index contributed by atoms with van der Waals surface area (Å²) in [6.45, 7) is 6.50. The van der Waals surface area contributed by atoms with Crippen LogP contribution < -0.4 is 0 Å². The molecule has 0 fully saturated rings. The van der Waals surface area contributed by atoms with Crippen molar-refractivity contribution in [1.82, 2.24) is 0 Å². The molecule has 0 aliphatic carbocycles. The molecular formula is C6H8ClO2. The summed E-state index contributed by atoms with van der Waals surface area (Å²) in [5.41, 5.74) is -0.572. The summed E-state index contributed by atoms with van der Waals surface area (Å²) in [5, 5.41) is 0. The van der Waals surface area contributed by atoms with Crippen LogP contribution in [0.4, 0.5) is 0 Å². The van der Waals surface area contributed by atoms with Crippen molar-refractivity contribution in [3.8, 4) is 0 Å². The van der Waals surface area contributed by atoms with Crippen LogP contribution in [0.25, 0.3) is 0 Å². The zero-order valence-corrected chi connectivity index (χ0v) is 5.89. The Bertz CT molecular complexity index is 110. The molecule has 0 aromatic carbocycles. The van der Waals surface area contributed by atoms with Gasteiger partial charge < -0.3 is 4.74 Å². The standard InChI is InChI=1S/C6H8ClO2/c1-3-4-6(8)9-5(2)7/h1,3,5H,4H2,2H3. The lowest BCUT2D eigenvalue weighted by molar-refractivity contribution is -0.143. The van der Waals surface area contributed by atoms with Crippen LogP contribution in [0.2, 0.25) is 0 Å². The Morgan fingerprint density at radius 3 is 2.89 bits per heavy atom. The second-order valence-corrected chi connectivity index (χ2v) is 2.09. The van der Waals surface area contributed by atoms with Crippen LogP contribution in [0.1, 0.15) is 13.3 Å². The van der Waals surface area contributed by atoms with Gasteiger partial charge in [-0.1, -0.05) is 24.3 Å². The van der Waals surface area contributed by atoms with Gasteiger partial charge in [0.1, 0.15) is 0 Å². The normalized spacial score (nSPS) is 12.2. The Hall–Kier alpha value is -0.500. The molecule has 0 saturated carbocycles. The first-order valence-electron chi connectivity index (χ1n) is 2.53. The van der Waals surface area contributed by atoms with E-state index in [-0.39, 0.29) is 6.42 Å². The monoisotopic (exact) mass is 147 g/mol. The summed E-state index contributed by atoms with van der Waals surface area (Å²) >= 11 is 5.31. The van der Waals surface area contributed by atoms with E-state index in [4.69, 9.17) is 18.2 Å². The molecule has 1 atom stereocenters. The molecule has 0 rings (SSSR count). The number of hydrogen-bond acceptors (Lipinski definition) is 2. The van der Waals surface area contributed by atoms with Gasteiger partial charge in [-0.2, -0.15) is 0 Å². The van der Waals surface area contributed by atoms with Crippen LogP contribution in [0, 0.1) is 6.58 Å². The summed E-state index contributed by atoms with van der Waals surface area (Å²) in [6, 6.07) is 0. The van der Waals surface area contributed by atoms with Gasteiger partial charge in [-0.25, -0.2) is 0 Å². The number of hydrogen-bond donors (Lipinski definition) is 0. The zero-order chi connectivity index (χ0) is 7.28. The first kappa shape index (κ1) is 8.50. The van der Waals surface area contributed by atoms with Gasteiger partial charge in [-0.3, -0.25) is 4.79 Å². The average Bonchev–Trinajstić information content (AvgIpc) is 1.63. The molecule has 1 radical (unpaired) electrons. The maximum absolute atomic E-state index is 10.4. The molecule has 0 bridgehead atoms. The molecule has 0 amide bonds. The summed E-state index contributed by atoms with van der Waals surface area (Å²) in [4.78, 5) is 10.4. The van der Waals surface area contributed by atoms with E-state index >= 15 is 0 Å². The second kappa shape index (κ2) is 4.39. The minimum Gasteiger partial charge on any atom is -0.446 e. The lowest BCUT2D eigenvalue weighted by atomic mass is 10.4. The van der Waals surface area contributed by atoms with Crippen molar-refractivity contribution in [2.24, 2.45) is 0 Å². The van der Waals surface area contributed by atoms with Crippen molar-refractivity contribution in [2.75, 3.05) is 0 Å². The number of ether oxygens (including phenoxy) is 1. The van der Waals surface area contributed by atoms with E-state index in [1.165, 1.54) is 6.08 Å². The van der Waals surface area contributed by atoms with Crippen molar-refractivity contribution in [2.45, 2.75) is 18.9 Å². The molecular weight excluding hydrogens is 140 g/mol. The molecule has 0 aromatic heterocycles. The van der Waals surface area contributed by atoms with Crippen LogP contribution in [0.15, 0.2) is 6.08 Å². The molecule has 3 heteroatoms. The molecule has 2 nitrogen and oxygen atoms in total. The van der Waals surface area contributed by atoms with Crippen molar-refractivity contribution in [3.05, 3.63) is 12.7 Å². The van der Waals surface area contributed by atoms with Gasteiger partial charge in [0.2, 0.25) is 0 Å². The van der Waals surface area contributed by atoms with E-state index in [9.17, 15) is 4.79 Å². The molecule has 0 aromatic rings. The van der Waals surface area contributed by atoms with Crippen LogP contribution in [-0.2, 0) is 9.53 Å². The Morgan fingerprint density at radius 1 is 2.00 bits per heavy atom. The Morgan fingerprint density at radius 2 is 2.56 bits per heavy atom. The summed E-state index contributed by atoms with van der Waals surface area (Å²) < 4.78 is 4.51. The predicted octanol–water partition coefficient (Wildman–Crippen LogP) is 1.49. The van der Waals surface area contributed by atoms with Crippen LogP contribution >= 0.6 is 11.6 Å². The van der Waals surface area contributed by atoms with Crippen molar-refractivity contribution < 1.29 is 9.53 Å². The highest BCUT2D eigenvalue weighted by atomic mass is 35.5. The van der Waals surface area contributed by atoms with E-state index in [2.05, 4.69) is 4.74 Å². The van der Waals surface area contributed by atoms with Gasteiger partial charge in [-0.05, 0) is 6.92 Å². The highest BCUT2D eigenvalue weighted by Gasteiger charge is 2.02. The third kappa shape index (κ3) is 5.37. The van der Waals surface area contributed by atoms with Gasteiger partial charge in [0.15, 0.2) is 5.56 Å². The van der Waals surface area contributed by atoms with Crippen LogP contribution in [0.5, 0.6) is 0 Å². The predicted molar refractivity (Wildman–Crippen MR) is 34.9 cm³/mol. The third-order valence-corrected chi connectivity index (χ3v) is 0.667. The molecule has 0 aliphatic heterocycles. The molecule has 0 saturated heterocycles. The van der Waals surface area contributed by atoms with Crippen molar-refractivity contribution in [1.29, 1.82) is 0 Å². The molecule has 0 aliphatic rings. The number of esters is 1. The summed E-state index contributed by atoms with van der Waals surface area (Å²) in [7, 11) is 0. The zero-order valence-electron chi connectivity index (χ0n) is 5.13. The Labute approximate surface area is 59.5 Å². The number of rotatable bonds is 3. The van der Waals surface area contributed by atoms with Crippen molar-refractivity contribution in [3.63, 3.8) is 0 Å². The number of carbonyl (C=O) groups excluding carboxylic acids is 1. The lowest BCUT2D eigenvalue weighted by Crippen LogP contribution is -2.07. The summed E-state index contributed by atoms with van der Waals surface area (Å²) in [6.07, 6.45) is 1.33. The topological polar surface area (TPSA) is 26.3 Å². The fourth-order valence-electron chi connectivity index (χ4n) is 0.325. The Kier molecular flexibility index (Phi) is 4.14. The maximum Gasteiger partial charge on any atom is 0.311 e. The smallest absolute Gasteiger partial charge is 0.311 e. The Balaban J connectivity index is 3.38. The highest BCUT2D eigenvalue weighted by Crippen LogP contribution is 1.97. The highest BCUT2D eigenvalue weighted by molar-refractivity contribution is 6.19. The van der Waals surface area contributed by atoms with Crippen molar-refractivity contribution >= 4 is 17.6 Å². The number of alkyl halides is 1. The van der Waals surface area contributed by atoms with Crippen LogP contribution in [0.3, 0.4) is 0 Å². The van der Waals surface area contributed by atoms with Gasteiger partial charge in [0.05, 0.1) is 6.42 Å². The number of carbonyl (C=O) groups is 1. The van der Waals surface area contributed by atoms with Gasteiger partial charge in [0.25, 0.3) is 0 Å². The summed E-state index contributed by atoms with van der Waals surface area (Å²) in [5.74, 6) is -0.403. The van der Waals surface area contributed by atoms with E-state index in [1.807, 2.05) is 0 Å². The molecule has 0 N–H and O–H groups in total. The quantitative estimate of drug-likeness (QED) is 0.447. The van der Waals surface area contributed by atoms with Gasteiger partial charge in [0, 0.05) is 0 Å². The average molecular weight is 148 g/mol. The molecule has 0 heterocycles. The minimum absolute atomic E-state index is 0.108. The molecule has 51 valence electrons. The second-order valence-electron chi connectivity index (χ2n) is 1.47. The van der Waals surface area contributed by atoms with Crippen LogP contribution in [-0.4, -0.2) is 11.5 Å². The fourth-order valence-corrected chi connectivity index (χ4v) is 0.425. The first-order chi connectivity index (χ1) is 4.16. The fraction of sp³-hybridized carbons (Fsp3) is 0.500. The van der Waals surface area contributed by atoms with E-state index in [0.29, 0.717) is 0 Å². The molecule has 1 unspecified atom stereocenters. The third-order valence-electron chi connectivity index (χ3n) is 0.578. The first-order valence-corrected chi connectivity index (χ1v) is 2.97. The molecule has 9 heavy (non-hydrogen) atoms. The van der Waals surface area contributed by atoms with Gasteiger partial charge >= 0.3 is 5.97 Å². The SMILES string of the molecule is [CH]=CCC(=O)OC(C)Cl. The van der Waals surface area contributed by atoms with E-state index in [1.54, 1.807) is 6.92 Å².